The predicted octanol–water partition coefficient (Wildman–Crippen LogP) is 3.30. The normalized spacial score (nSPS) is 10.4. The summed E-state index contributed by atoms with van der Waals surface area (Å²) in [5, 5.41) is 14.1. The van der Waals surface area contributed by atoms with Crippen LogP contribution in [0.1, 0.15) is 17.3 Å². The Morgan fingerprint density at radius 3 is 2.29 bits per heavy atom. The molecule has 0 aliphatic carbocycles. The first-order chi connectivity index (χ1) is 15.0. The third-order valence-corrected chi connectivity index (χ3v) is 5.31. The van der Waals surface area contributed by atoms with E-state index >= 15 is 0 Å². The Bertz CT molecular complexity index is 1060. The van der Waals surface area contributed by atoms with Crippen LogP contribution in [0, 0.1) is 0 Å². The van der Waals surface area contributed by atoms with Crippen LogP contribution in [-0.2, 0) is 11.3 Å². The van der Waals surface area contributed by atoms with Crippen LogP contribution < -0.4 is 20.1 Å². The molecule has 0 unspecified atom stereocenters. The number of thioether (sulfide) groups is 1. The molecule has 0 fully saturated rings. The summed E-state index contributed by atoms with van der Waals surface area (Å²) in [6.45, 7) is 2.70. The fourth-order valence-electron chi connectivity index (χ4n) is 2.77. The number of amides is 2. The van der Waals surface area contributed by atoms with E-state index in [0.717, 1.165) is 6.54 Å². The van der Waals surface area contributed by atoms with Crippen molar-refractivity contribution in [3.05, 3.63) is 54.4 Å². The highest BCUT2D eigenvalue weighted by atomic mass is 32.2. The van der Waals surface area contributed by atoms with Crippen LogP contribution in [0.2, 0.25) is 0 Å². The zero-order valence-corrected chi connectivity index (χ0v) is 18.2. The first-order valence-corrected chi connectivity index (χ1v) is 10.5. The van der Waals surface area contributed by atoms with E-state index in [0.29, 0.717) is 33.6 Å². The number of hydrogen-bond donors (Lipinski definition) is 2. The number of carbonyl (C=O) groups is 2. The number of hydrogen-bond acceptors (Lipinski definition) is 7. The molecular weight excluding hydrogens is 418 g/mol. The van der Waals surface area contributed by atoms with Gasteiger partial charge in [-0.05, 0) is 19.1 Å². The summed E-state index contributed by atoms with van der Waals surface area (Å²) in [6, 6.07) is 12.0. The summed E-state index contributed by atoms with van der Waals surface area (Å²) in [6.07, 6.45) is 1.62. The Hall–Kier alpha value is -3.53. The van der Waals surface area contributed by atoms with Crippen molar-refractivity contribution in [3.63, 3.8) is 0 Å². The van der Waals surface area contributed by atoms with E-state index < -0.39 is 0 Å². The second kappa shape index (κ2) is 10.5. The molecule has 0 radical (unpaired) electrons. The van der Waals surface area contributed by atoms with Gasteiger partial charge in [-0.25, -0.2) is 0 Å². The summed E-state index contributed by atoms with van der Waals surface area (Å²) in [4.78, 5) is 25.0. The molecule has 0 atom stereocenters. The molecule has 31 heavy (non-hydrogen) atoms. The summed E-state index contributed by atoms with van der Waals surface area (Å²) >= 11 is 1.29. The molecule has 0 bridgehead atoms. The molecule has 0 saturated heterocycles. The van der Waals surface area contributed by atoms with E-state index in [9.17, 15) is 9.59 Å². The minimum Gasteiger partial charge on any atom is -0.494 e. The zero-order chi connectivity index (χ0) is 22.2. The lowest BCUT2D eigenvalue weighted by Gasteiger charge is -2.16. The average molecular weight is 442 g/mol. The fourth-order valence-corrected chi connectivity index (χ4v) is 3.55. The first-order valence-electron chi connectivity index (χ1n) is 9.48. The van der Waals surface area contributed by atoms with Crippen LogP contribution in [0.15, 0.2) is 53.9 Å². The fraction of sp³-hybridized carbons (Fsp3) is 0.238. The lowest BCUT2D eigenvalue weighted by atomic mass is 10.2. The Morgan fingerprint density at radius 1 is 1.03 bits per heavy atom. The van der Waals surface area contributed by atoms with Gasteiger partial charge in [-0.3, -0.25) is 9.59 Å². The van der Waals surface area contributed by atoms with Crippen molar-refractivity contribution in [1.82, 2.24) is 14.8 Å². The molecule has 2 amide bonds. The van der Waals surface area contributed by atoms with Gasteiger partial charge in [0.25, 0.3) is 5.91 Å². The minimum absolute atomic E-state index is 0.149. The average Bonchev–Trinajstić information content (AvgIpc) is 3.26. The molecule has 0 spiro atoms. The molecule has 0 saturated carbocycles. The molecule has 0 aliphatic heterocycles. The van der Waals surface area contributed by atoms with E-state index in [1.165, 1.54) is 26.0 Å². The second-order valence-electron chi connectivity index (χ2n) is 6.31. The lowest BCUT2D eigenvalue weighted by molar-refractivity contribution is -0.113. The first kappa shape index (κ1) is 22.2. The third-order valence-electron chi connectivity index (χ3n) is 4.33. The highest BCUT2D eigenvalue weighted by Gasteiger charge is 2.17. The Labute approximate surface area is 184 Å². The zero-order valence-electron chi connectivity index (χ0n) is 17.4. The maximum absolute atomic E-state index is 12.5. The molecule has 10 heteroatoms. The van der Waals surface area contributed by atoms with Crippen molar-refractivity contribution < 1.29 is 19.1 Å². The summed E-state index contributed by atoms with van der Waals surface area (Å²) in [5.41, 5.74) is 1.37. The topological polar surface area (TPSA) is 107 Å². The monoisotopic (exact) mass is 441 g/mol. The van der Waals surface area contributed by atoms with Crippen LogP contribution in [0.25, 0.3) is 0 Å². The Kier molecular flexibility index (Phi) is 7.50. The number of rotatable bonds is 9. The number of methoxy groups -OCH3 is 2. The van der Waals surface area contributed by atoms with Crippen molar-refractivity contribution in [1.29, 1.82) is 0 Å². The van der Waals surface area contributed by atoms with Gasteiger partial charge in [-0.15, -0.1) is 10.2 Å². The molecule has 2 N–H and O–H groups in total. The van der Waals surface area contributed by atoms with Crippen LogP contribution in [0.5, 0.6) is 11.5 Å². The summed E-state index contributed by atoms with van der Waals surface area (Å²) in [5.74, 6) is 0.403. The molecule has 1 heterocycles. The highest BCUT2D eigenvalue weighted by molar-refractivity contribution is 7.99. The number of aryl methyl sites for hydroxylation is 1. The second-order valence-corrected chi connectivity index (χ2v) is 7.25. The van der Waals surface area contributed by atoms with Crippen molar-refractivity contribution in [2.75, 3.05) is 30.6 Å². The number of nitrogens with one attached hydrogen (secondary N) is 2. The maximum Gasteiger partial charge on any atom is 0.255 e. The van der Waals surface area contributed by atoms with Crippen molar-refractivity contribution in [2.45, 2.75) is 18.6 Å². The highest BCUT2D eigenvalue weighted by Crippen LogP contribution is 2.36. The predicted molar refractivity (Wildman–Crippen MR) is 119 cm³/mol. The van der Waals surface area contributed by atoms with E-state index in [1.54, 1.807) is 42.7 Å². The Morgan fingerprint density at radius 2 is 1.68 bits per heavy atom. The van der Waals surface area contributed by atoms with E-state index in [1.807, 2.05) is 17.6 Å². The molecular formula is C21H23N5O4S. The van der Waals surface area contributed by atoms with Crippen LogP contribution >= 0.6 is 11.8 Å². The van der Waals surface area contributed by atoms with Gasteiger partial charge in [0, 0.05) is 24.2 Å². The van der Waals surface area contributed by atoms with Crippen molar-refractivity contribution in [3.8, 4) is 11.5 Å². The van der Waals surface area contributed by atoms with Crippen LogP contribution in [0.4, 0.5) is 11.4 Å². The van der Waals surface area contributed by atoms with Crippen molar-refractivity contribution >= 4 is 35.0 Å². The molecule has 2 aromatic carbocycles. The number of benzene rings is 2. The quantitative estimate of drug-likeness (QED) is 0.491. The van der Waals surface area contributed by atoms with Gasteiger partial charge in [0.2, 0.25) is 5.91 Å². The molecule has 1 aromatic heterocycles. The molecule has 162 valence electrons. The van der Waals surface area contributed by atoms with Crippen LogP contribution in [-0.4, -0.2) is 46.6 Å². The van der Waals surface area contributed by atoms with Gasteiger partial charge in [0.15, 0.2) is 5.16 Å². The van der Waals surface area contributed by atoms with Gasteiger partial charge < -0.3 is 24.7 Å². The van der Waals surface area contributed by atoms with Crippen molar-refractivity contribution in [2.24, 2.45) is 0 Å². The molecule has 9 nitrogen and oxygen atoms in total. The Balaban J connectivity index is 1.73. The van der Waals surface area contributed by atoms with Crippen LogP contribution in [0.3, 0.4) is 0 Å². The van der Waals surface area contributed by atoms with Gasteiger partial charge in [0.1, 0.15) is 17.8 Å². The molecule has 3 rings (SSSR count). The number of ether oxygens (including phenoxy) is 2. The van der Waals surface area contributed by atoms with E-state index in [2.05, 4.69) is 20.8 Å². The van der Waals surface area contributed by atoms with Gasteiger partial charge in [0.05, 0.1) is 31.3 Å². The van der Waals surface area contributed by atoms with E-state index in [-0.39, 0.29) is 17.6 Å². The number of anilines is 2. The van der Waals surface area contributed by atoms with Gasteiger partial charge >= 0.3 is 0 Å². The lowest BCUT2D eigenvalue weighted by Crippen LogP contribution is -2.16. The molecule has 3 aromatic rings. The number of nitrogens with zero attached hydrogens (tertiary/aromatic N) is 3. The number of aromatic nitrogens is 3. The third kappa shape index (κ3) is 5.54. The summed E-state index contributed by atoms with van der Waals surface area (Å²) in [7, 11) is 2.97. The molecule has 0 aliphatic rings. The number of carbonyl (C=O) groups excluding carboxylic acids is 2. The summed E-state index contributed by atoms with van der Waals surface area (Å²) < 4.78 is 12.7. The van der Waals surface area contributed by atoms with Gasteiger partial charge in [-0.1, -0.05) is 30.0 Å². The van der Waals surface area contributed by atoms with E-state index in [4.69, 9.17) is 9.47 Å². The minimum atomic E-state index is -0.283. The SMILES string of the molecule is CCn1cnnc1SCC(=O)Nc1cc(OC)c(NC(=O)c2ccccc2)cc1OC. The smallest absolute Gasteiger partial charge is 0.255 e. The largest absolute Gasteiger partial charge is 0.494 e. The standard InChI is InChI=1S/C21H23N5O4S/c1-4-26-13-22-25-21(26)31-12-19(27)23-15-10-18(30-3)16(11-17(15)29-2)24-20(28)14-8-6-5-7-9-14/h5-11,13H,4,12H2,1-3H3,(H,23,27)(H,24,28). The maximum atomic E-state index is 12.5. The van der Waals surface area contributed by atoms with Gasteiger partial charge in [-0.2, -0.15) is 0 Å².